The molecule has 0 fully saturated rings. The van der Waals surface area contributed by atoms with E-state index >= 15 is 0 Å². The number of hydrogen-bond donors (Lipinski definition) is 0. The highest BCUT2D eigenvalue weighted by molar-refractivity contribution is 5.70. The van der Waals surface area contributed by atoms with Crippen molar-refractivity contribution in [2.24, 2.45) is 10.2 Å². The van der Waals surface area contributed by atoms with E-state index in [1.54, 1.807) is 0 Å². The summed E-state index contributed by atoms with van der Waals surface area (Å²) >= 11 is 0. The van der Waals surface area contributed by atoms with Gasteiger partial charge in [-0.15, -0.1) is 5.11 Å². The van der Waals surface area contributed by atoms with Gasteiger partial charge in [0.05, 0.1) is 18.8 Å². The molecule has 3 rings (SSSR count). The van der Waals surface area contributed by atoms with Crippen LogP contribution in [0.2, 0.25) is 0 Å². The van der Waals surface area contributed by atoms with Crippen LogP contribution in [0.4, 0.5) is 22.7 Å². The minimum atomic E-state index is 0.861. The van der Waals surface area contributed by atoms with Crippen molar-refractivity contribution < 1.29 is 0 Å². The summed E-state index contributed by atoms with van der Waals surface area (Å²) in [4.78, 5) is 0. The van der Waals surface area contributed by atoms with Crippen LogP contribution < -0.4 is 4.48 Å². The Balaban J connectivity index is 1.68. The van der Waals surface area contributed by atoms with Crippen LogP contribution in [-0.2, 0) is 0 Å². The second-order valence-corrected chi connectivity index (χ2v) is 13.8. The first kappa shape index (κ1) is 38.7. The fourth-order valence-electron chi connectivity index (χ4n) is 7.07. The molecule has 0 bridgehead atoms. The standard InChI is InChI=1S/C44H68N3/c1-3-5-7-9-11-13-15-17-19-21-31-39-47(42-35-27-24-28-36-42,40-32-22-20-18-16-14-12-10-8-6-4-2)44-38-30-29-37-43(44)46-45-41-33-25-23-26-34-41/h23-30,33-38H,3-22,31-32,39-40H2,1-2H3/q+1. The van der Waals surface area contributed by atoms with Gasteiger partial charge in [-0.3, -0.25) is 4.48 Å². The zero-order chi connectivity index (χ0) is 33.1. The third-order valence-corrected chi connectivity index (χ3v) is 9.91. The number of quaternary nitrogens is 1. The molecule has 0 amide bonds. The van der Waals surface area contributed by atoms with E-state index in [0.29, 0.717) is 0 Å². The number of azo groups is 1. The molecule has 0 spiro atoms. The predicted molar refractivity (Wildman–Crippen MR) is 208 cm³/mol. The summed E-state index contributed by atoms with van der Waals surface area (Å²) in [6.45, 7) is 6.82. The molecule has 3 heteroatoms. The molecular formula is C44H68N3+. The molecule has 47 heavy (non-hydrogen) atoms. The molecule has 0 atom stereocenters. The Hall–Kier alpha value is -2.78. The SMILES string of the molecule is CCCCCCCCCCCCC[N+](CCCCCCCCCCCCC)(c1ccccc1)c1ccccc1N=Nc1ccccc1. The third-order valence-electron chi connectivity index (χ3n) is 9.91. The smallest absolute Gasteiger partial charge is 0.165 e. The molecule has 0 aromatic heterocycles. The Morgan fingerprint density at radius 1 is 0.383 bits per heavy atom. The minimum absolute atomic E-state index is 0.861. The number of benzene rings is 3. The van der Waals surface area contributed by atoms with E-state index in [4.69, 9.17) is 5.11 Å². The largest absolute Gasteiger partial charge is 0.257 e. The topological polar surface area (TPSA) is 24.7 Å². The molecule has 3 aromatic carbocycles. The Bertz CT molecular complexity index is 1150. The number of nitrogens with zero attached hydrogens (tertiary/aromatic N) is 3. The molecule has 3 nitrogen and oxygen atoms in total. The van der Waals surface area contributed by atoms with E-state index in [9.17, 15) is 0 Å². The quantitative estimate of drug-likeness (QED) is 0.0429. The molecule has 0 aliphatic heterocycles. The number of unbranched alkanes of at least 4 members (excludes halogenated alkanes) is 20. The lowest BCUT2D eigenvalue weighted by Gasteiger charge is -2.38. The van der Waals surface area contributed by atoms with Gasteiger partial charge in [0.2, 0.25) is 0 Å². The fourth-order valence-corrected chi connectivity index (χ4v) is 7.07. The van der Waals surface area contributed by atoms with Gasteiger partial charge in [0, 0.05) is 6.07 Å². The van der Waals surface area contributed by atoms with Gasteiger partial charge in [0.1, 0.15) is 11.4 Å². The van der Waals surface area contributed by atoms with E-state index in [-0.39, 0.29) is 0 Å². The Labute approximate surface area is 289 Å². The summed E-state index contributed by atoms with van der Waals surface area (Å²) in [5.41, 5.74) is 4.56. The summed E-state index contributed by atoms with van der Waals surface area (Å²) in [6, 6.07) is 30.3. The van der Waals surface area contributed by atoms with Gasteiger partial charge in [-0.05, 0) is 56.0 Å². The Morgan fingerprint density at radius 3 is 1.23 bits per heavy atom. The van der Waals surface area contributed by atoms with E-state index in [0.717, 1.165) is 28.9 Å². The van der Waals surface area contributed by atoms with Crippen LogP contribution in [0.3, 0.4) is 0 Å². The van der Waals surface area contributed by atoms with Gasteiger partial charge in [-0.2, -0.15) is 5.11 Å². The normalized spacial score (nSPS) is 11.9. The van der Waals surface area contributed by atoms with E-state index in [1.807, 2.05) is 30.3 Å². The Morgan fingerprint density at radius 2 is 0.766 bits per heavy atom. The summed E-state index contributed by atoms with van der Waals surface area (Å²) in [5, 5.41) is 9.57. The first-order valence-electron chi connectivity index (χ1n) is 19.8. The van der Waals surface area contributed by atoms with Crippen LogP contribution >= 0.6 is 0 Å². The third kappa shape index (κ3) is 15.3. The summed E-state index contributed by atoms with van der Waals surface area (Å²) in [7, 11) is 0. The van der Waals surface area contributed by atoms with Crippen LogP contribution in [0.15, 0.2) is 95.2 Å². The molecule has 0 N–H and O–H groups in total. The highest BCUT2D eigenvalue weighted by Crippen LogP contribution is 2.42. The zero-order valence-corrected chi connectivity index (χ0v) is 30.4. The van der Waals surface area contributed by atoms with Crippen LogP contribution in [0, 0.1) is 0 Å². The van der Waals surface area contributed by atoms with Crippen LogP contribution in [0.5, 0.6) is 0 Å². The number of hydrogen-bond acceptors (Lipinski definition) is 2. The average molecular weight is 639 g/mol. The minimum Gasteiger partial charge on any atom is -0.257 e. The molecule has 0 unspecified atom stereocenters. The molecule has 0 saturated carbocycles. The second-order valence-electron chi connectivity index (χ2n) is 13.8. The maximum Gasteiger partial charge on any atom is 0.165 e. The average Bonchev–Trinajstić information content (AvgIpc) is 3.12. The molecule has 0 heterocycles. The van der Waals surface area contributed by atoms with Crippen molar-refractivity contribution in [2.75, 3.05) is 13.1 Å². The summed E-state index contributed by atoms with van der Waals surface area (Å²) < 4.78 is 0.861. The van der Waals surface area contributed by atoms with E-state index in [2.05, 4.69) is 73.6 Å². The second kappa shape index (κ2) is 25.3. The van der Waals surface area contributed by atoms with Crippen LogP contribution in [0.25, 0.3) is 0 Å². The van der Waals surface area contributed by atoms with Gasteiger partial charge in [-0.25, -0.2) is 0 Å². The van der Waals surface area contributed by atoms with Crippen molar-refractivity contribution >= 4 is 22.7 Å². The molecule has 258 valence electrons. The molecule has 0 aliphatic rings. The van der Waals surface area contributed by atoms with Gasteiger partial charge >= 0.3 is 0 Å². The maximum atomic E-state index is 4.89. The van der Waals surface area contributed by atoms with Gasteiger partial charge < -0.3 is 0 Å². The molecular weight excluding hydrogens is 571 g/mol. The fraction of sp³-hybridized carbons (Fsp3) is 0.591. The van der Waals surface area contributed by atoms with Crippen molar-refractivity contribution in [3.05, 3.63) is 84.9 Å². The van der Waals surface area contributed by atoms with Gasteiger partial charge in [-0.1, -0.05) is 178 Å². The van der Waals surface area contributed by atoms with Crippen molar-refractivity contribution in [1.29, 1.82) is 0 Å². The van der Waals surface area contributed by atoms with Gasteiger partial charge in [0.25, 0.3) is 0 Å². The highest BCUT2D eigenvalue weighted by Gasteiger charge is 2.35. The molecule has 0 saturated heterocycles. The number of rotatable bonds is 28. The van der Waals surface area contributed by atoms with Crippen LogP contribution in [0.1, 0.15) is 155 Å². The van der Waals surface area contributed by atoms with Crippen molar-refractivity contribution in [2.45, 2.75) is 155 Å². The predicted octanol–water partition coefficient (Wildman–Crippen LogP) is 15.4. The van der Waals surface area contributed by atoms with Crippen LogP contribution in [-0.4, -0.2) is 13.1 Å². The Kier molecular flexibility index (Phi) is 20.8. The van der Waals surface area contributed by atoms with Crippen molar-refractivity contribution in [3.8, 4) is 0 Å². The molecule has 0 aliphatic carbocycles. The summed E-state index contributed by atoms with van der Waals surface area (Å²) in [6.07, 6.45) is 30.1. The van der Waals surface area contributed by atoms with E-state index < -0.39 is 0 Å². The first-order valence-corrected chi connectivity index (χ1v) is 19.8. The lowest BCUT2D eigenvalue weighted by molar-refractivity contribution is 0.354. The molecule has 3 aromatic rings. The lowest BCUT2D eigenvalue weighted by atomic mass is 10.0. The first-order chi connectivity index (χ1) is 23.3. The van der Waals surface area contributed by atoms with Gasteiger partial charge in [0.15, 0.2) is 5.69 Å². The van der Waals surface area contributed by atoms with Crippen molar-refractivity contribution in [3.63, 3.8) is 0 Å². The van der Waals surface area contributed by atoms with Crippen molar-refractivity contribution in [1.82, 2.24) is 4.48 Å². The highest BCUT2D eigenvalue weighted by atomic mass is 15.4. The lowest BCUT2D eigenvalue weighted by Crippen LogP contribution is -2.46. The monoisotopic (exact) mass is 639 g/mol. The number of para-hydroxylation sites is 2. The zero-order valence-electron chi connectivity index (χ0n) is 30.4. The molecule has 0 radical (unpaired) electrons. The van der Waals surface area contributed by atoms with E-state index in [1.165, 1.54) is 153 Å². The summed E-state index contributed by atoms with van der Waals surface area (Å²) in [5.74, 6) is 0. The maximum absolute atomic E-state index is 4.89.